The molecule has 34 heavy (non-hydrogen) atoms. The number of aromatic nitrogens is 5. The molecule has 1 amide bonds. The number of carbonyl (C=O) groups is 1. The second-order valence-corrected chi connectivity index (χ2v) is 8.93. The van der Waals surface area contributed by atoms with Gasteiger partial charge in [-0.25, -0.2) is 4.79 Å². The Morgan fingerprint density at radius 3 is 2.50 bits per heavy atom. The summed E-state index contributed by atoms with van der Waals surface area (Å²) in [5, 5.41) is 16.7. The number of piperidine rings is 1. The topological polar surface area (TPSA) is 76.8 Å². The van der Waals surface area contributed by atoms with Crippen molar-refractivity contribution >= 4 is 6.03 Å². The van der Waals surface area contributed by atoms with E-state index in [0.29, 0.717) is 5.69 Å². The first kappa shape index (κ1) is 21.9. The van der Waals surface area contributed by atoms with Gasteiger partial charge in [0.15, 0.2) is 0 Å². The number of carbonyl (C=O) groups excluding carboxylic acids is 1. The Kier molecular flexibility index (Phi) is 6.16. The first-order valence-electron chi connectivity index (χ1n) is 11.8. The fraction of sp³-hybridized carbons (Fsp3) is 0.296. The third kappa shape index (κ3) is 4.46. The van der Waals surface area contributed by atoms with E-state index in [1.54, 1.807) is 12.4 Å². The molecular weight excluding hydrogens is 424 g/mol. The minimum Gasteiger partial charge on any atom is -0.320 e. The molecule has 0 bridgehead atoms. The molecule has 1 aliphatic heterocycles. The molecule has 0 N–H and O–H groups in total. The lowest BCUT2D eigenvalue weighted by Crippen LogP contribution is -2.46. The highest BCUT2D eigenvalue weighted by molar-refractivity contribution is 5.78. The number of hydrogen-bond donors (Lipinski definition) is 0. The third-order valence-corrected chi connectivity index (χ3v) is 6.56. The van der Waals surface area contributed by atoms with Crippen LogP contribution in [0.2, 0.25) is 0 Å². The highest BCUT2D eigenvalue weighted by Gasteiger charge is 2.28. The van der Waals surface area contributed by atoms with Crippen LogP contribution < -0.4 is 0 Å². The smallest absolute Gasteiger partial charge is 0.320 e. The summed E-state index contributed by atoms with van der Waals surface area (Å²) in [6.45, 7) is 4.75. The quantitative estimate of drug-likeness (QED) is 0.431. The number of benzene rings is 2. The zero-order valence-corrected chi connectivity index (χ0v) is 19.6. The summed E-state index contributed by atoms with van der Waals surface area (Å²) in [6, 6.07) is 18.5. The van der Waals surface area contributed by atoms with Crippen molar-refractivity contribution in [3.8, 4) is 22.4 Å². The van der Waals surface area contributed by atoms with Gasteiger partial charge in [-0.3, -0.25) is 0 Å². The summed E-state index contributed by atoms with van der Waals surface area (Å²) in [7, 11) is 0. The van der Waals surface area contributed by atoms with Crippen LogP contribution in [0.15, 0.2) is 67.0 Å². The highest BCUT2D eigenvalue weighted by Crippen LogP contribution is 2.28. The lowest BCUT2D eigenvalue weighted by Gasteiger charge is -2.35. The average Bonchev–Trinajstić information content (AvgIpc) is 3.35. The van der Waals surface area contributed by atoms with Gasteiger partial charge in [0.25, 0.3) is 0 Å². The Balaban J connectivity index is 1.34. The monoisotopic (exact) mass is 452 g/mol. The maximum absolute atomic E-state index is 13.3. The molecule has 2 aromatic heterocycles. The number of nitrogens with zero attached hydrogens (tertiary/aromatic N) is 6. The van der Waals surface area contributed by atoms with Crippen LogP contribution >= 0.6 is 0 Å². The molecular formula is C27H28N6O. The van der Waals surface area contributed by atoms with Gasteiger partial charge in [0.2, 0.25) is 0 Å². The van der Waals surface area contributed by atoms with Crippen molar-refractivity contribution in [2.45, 2.75) is 45.6 Å². The van der Waals surface area contributed by atoms with E-state index in [-0.39, 0.29) is 12.1 Å². The third-order valence-electron chi connectivity index (χ3n) is 6.56. The SMILES string of the molecule is Cc1cnnc(C)c1-c1ccc(-c2cn(C(=O)N3CCCCC3Cc3ccccc3)nn2)cc1. The average molecular weight is 453 g/mol. The van der Waals surface area contributed by atoms with E-state index < -0.39 is 0 Å². The summed E-state index contributed by atoms with van der Waals surface area (Å²) in [6.07, 6.45) is 7.53. The fourth-order valence-corrected chi connectivity index (χ4v) is 4.82. The van der Waals surface area contributed by atoms with Gasteiger partial charge in [-0.05, 0) is 56.2 Å². The minimum atomic E-state index is -0.106. The molecule has 1 fully saturated rings. The Bertz CT molecular complexity index is 1260. The van der Waals surface area contributed by atoms with Gasteiger partial charge in [-0.2, -0.15) is 14.9 Å². The lowest BCUT2D eigenvalue weighted by atomic mass is 9.96. The van der Waals surface area contributed by atoms with Crippen LogP contribution in [0.1, 0.15) is 36.1 Å². The Hall–Kier alpha value is -3.87. The summed E-state index contributed by atoms with van der Waals surface area (Å²) in [5.74, 6) is 0. The number of amides is 1. The van der Waals surface area contributed by atoms with Gasteiger partial charge in [0.05, 0.1) is 18.1 Å². The van der Waals surface area contributed by atoms with Crippen LogP contribution in [-0.2, 0) is 6.42 Å². The molecule has 1 saturated heterocycles. The van der Waals surface area contributed by atoms with Crippen molar-refractivity contribution in [2.75, 3.05) is 6.54 Å². The van der Waals surface area contributed by atoms with Crippen LogP contribution in [0.5, 0.6) is 0 Å². The van der Waals surface area contributed by atoms with Gasteiger partial charge >= 0.3 is 6.03 Å². The maximum atomic E-state index is 13.3. The first-order chi connectivity index (χ1) is 16.6. The highest BCUT2D eigenvalue weighted by atomic mass is 16.2. The van der Waals surface area contributed by atoms with Gasteiger partial charge in [-0.15, -0.1) is 5.10 Å². The van der Waals surface area contributed by atoms with Crippen LogP contribution in [0.25, 0.3) is 22.4 Å². The molecule has 1 aliphatic rings. The molecule has 2 aromatic carbocycles. The Morgan fingerprint density at radius 2 is 1.74 bits per heavy atom. The number of aryl methyl sites for hydroxylation is 2. The summed E-state index contributed by atoms with van der Waals surface area (Å²) in [5.41, 5.74) is 7.00. The van der Waals surface area contributed by atoms with Crippen molar-refractivity contribution in [1.29, 1.82) is 0 Å². The first-order valence-corrected chi connectivity index (χ1v) is 11.8. The van der Waals surface area contributed by atoms with Crippen molar-refractivity contribution in [2.24, 2.45) is 0 Å². The number of hydrogen-bond acceptors (Lipinski definition) is 5. The molecule has 5 rings (SSSR count). The number of likely N-dealkylation sites (tertiary alicyclic amines) is 1. The van der Waals surface area contributed by atoms with E-state index in [1.807, 2.05) is 61.2 Å². The molecule has 7 nitrogen and oxygen atoms in total. The van der Waals surface area contributed by atoms with Crippen molar-refractivity contribution in [3.63, 3.8) is 0 Å². The van der Waals surface area contributed by atoms with Gasteiger partial charge in [-0.1, -0.05) is 59.8 Å². The van der Waals surface area contributed by atoms with Crippen molar-refractivity contribution in [1.82, 2.24) is 30.1 Å². The van der Waals surface area contributed by atoms with E-state index in [0.717, 1.165) is 60.2 Å². The molecule has 172 valence electrons. The molecule has 7 heteroatoms. The summed E-state index contributed by atoms with van der Waals surface area (Å²) >= 11 is 0. The molecule has 1 unspecified atom stereocenters. The second-order valence-electron chi connectivity index (χ2n) is 8.93. The van der Waals surface area contributed by atoms with Gasteiger partial charge < -0.3 is 4.90 Å². The molecule has 3 heterocycles. The summed E-state index contributed by atoms with van der Waals surface area (Å²) in [4.78, 5) is 15.3. The zero-order valence-electron chi connectivity index (χ0n) is 19.6. The largest absolute Gasteiger partial charge is 0.346 e. The second kappa shape index (κ2) is 9.55. The van der Waals surface area contributed by atoms with Gasteiger partial charge in [0.1, 0.15) is 5.69 Å². The Morgan fingerprint density at radius 1 is 0.971 bits per heavy atom. The summed E-state index contributed by atoms with van der Waals surface area (Å²) < 4.78 is 1.38. The standard InChI is InChI=1S/C27H28N6O/c1-19-17-28-29-20(2)26(19)23-13-11-22(12-14-23)25-18-33(31-30-25)27(34)32-15-7-6-10-24(32)16-21-8-4-3-5-9-21/h3-5,8-9,11-14,17-18,24H,6-7,10,15-16H2,1-2H3. The van der Waals surface area contributed by atoms with E-state index in [9.17, 15) is 4.79 Å². The van der Waals surface area contributed by atoms with Gasteiger partial charge in [0, 0.05) is 23.7 Å². The van der Waals surface area contributed by atoms with E-state index in [4.69, 9.17) is 0 Å². The fourth-order valence-electron chi connectivity index (χ4n) is 4.82. The van der Waals surface area contributed by atoms with E-state index in [2.05, 4.69) is 32.6 Å². The number of rotatable bonds is 4. The Labute approximate surface area is 199 Å². The molecule has 0 saturated carbocycles. The predicted octanol–water partition coefficient (Wildman–Crippen LogP) is 5.08. The van der Waals surface area contributed by atoms with Crippen LogP contribution in [-0.4, -0.2) is 48.7 Å². The van der Waals surface area contributed by atoms with Crippen LogP contribution in [0.3, 0.4) is 0 Å². The van der Waals surface area contributed by atoms with Crippen molar-refractivity contribution < 1.29 is 4.79 Å². The molecule has 4 aromatic rings. The van der Waals surface area contributed by atoms with Crippen molar-refractivity contribution in [3.05, 3.63) is 83.8 Å². The predicted molar refractivity (Wildman–Crippen MR) is 131 cm³/mol. The molecule has 0 spiro atoms. The van der Waals surface area contributed by atoms with Crippen LogP contribution in [0.4, 0.5) is 4.79 Å². The lowest BCUT2D eigenvalue weighted by molar-refractivity contribution is 0.149. The normalized spacial score (nSPS) is 15.9. The van der Waals surface area contributed by atoms with E-state index in [1.165, 1.54) is 10.2 Å². The van der Waals surface area contributed by atoms with Crippen LogP contribution in [0, 0.1) is 13.8 Å². The van der Waals surface area contributed by atoms with E-state index >= 15 is 0 Å². The molecule has 0 radical (unpaired) electrons. The molecule has 0 aliphatic carbocycles. The maximum Gasteiger partial charge on any atom is 0.346 e. The minimum absolute atomic E-state index is 0.106. The zero-order chi connectivity index (χ0) is 23.5. The molecule has 1 atom stereocenters.